The quantitative estimate of drug-likeness (QED) is 0.257. The van der Waals surface area contributed by atoms with E-state index in [1.165, 1.54) is 0 Å². The third-order valence-electron chi connectivity index (χ3n) is 6.87. The smallest absolute Gasteiger partial charge is 0.161 e. The van der Waals surface area contributed by atoms with Crippen LogP contribution in [-0.4, -0.2) is 52.3 Å². The van der Waals surface area contributed by atoms with Gasteiger partial charge in [-0.3, -0.25) is 4.90 Å². The number of alkyl halides is 1. The van der Waals surface area contributed by atoms with E-state index in [1.54, 1.807) is 28.4 Å². The topological polar surface area (TPSA) is 64.0 Å². The van der Waals surface area contributed by atoms with Gasteiger partial charge in [0.25, 0.3) is 0 Å². The van der Waals surface area contributed by atoms with Gasteiger partial charge >= 0.3 is 0 Å². The third-order valence-corrected chi connectivity index (χ3v) is 7.23. The van der Waals surface area contributed by atoms with Crippen molar-refractivity contribution >= 4 is 24.0 Å². The van der Waals surface area contributed by atoms with Gasteiger partial charge in [0.05, 0.1) is 39.9 Å². The summed E-state index contributed by atoms with van der Waals surface area (Å²) in [5, 5.41) is 10.3. The van der Waals surface area contributed by atoms with E-state index in [2.05, 4.69) is 31.9 Å². The first-order valence-electron chi connectivity index (χ1n) is 11.9. The molecule has 0 fully saturated rings. The van der Waals surface area contributed by atoms with Gasteiger partial charge in [-0.05, 0) is 67.6 Å². The second-order valence-electron chi connectivity index (χ2n) is 9.11. The summed E-state index contributed by atoms with van der Waals surface area (Å²) in [5.74, 6) is 3.37. The van der Waals surface area contributed by atoms with Crippen molar-refractivity contribution in [1.82, 2.24) is 4.90 Å². The van der Waals surface area contributed by atoms with Crippen molar-refractivity contribution in [1.29, 1.82) is 5.26 Å². The fraction of sp³-hybridized carbons (Fsp3) is 0.536. The molecule has 36 heavy (non-hydrogen) atoms. The molecule has 200 valence electrons. The number of hydrogen-bond donors (Lipinski definition) is 0. The summed E-state index contributed by atoms with van der Waals surface area (Å²) in [6.07, 6.45) is 2.48. The molecule has 2 rings (SSSR count). The Labute approximate surface area is 227 Å². The molecule has 2 aromatic rings. The lowest BCUT2D eigenvalue weighted by molar-refractivity contribution is 0.228. The zero-order valence-corrected chi connectivity index (χ0v) is 24.0. The molecule has 2 unspecified atom stereocenters. The predicted molar refractivity (Wildman–Crippen MR) is 148 cm³/mol. The predicted octanol–water partition coefficient (Wildman–Crippen LogP) is 6.47. The number of hydrogen-bond acceptors (Lipinski definition) is 6. The minimum absolute atomic E-state index is 0. The molecule has 0 heterocycles. The summed E-state index contributed by atoms with van der Waals surface area (Å²) in [6, 6.07) is 14.6. The Kier molecular flexibility index (Phi) is 13.2. The highest BCUT2D eigenvalue weighted by Crippen LogP contribution is 2.41. The molecule has 0 aliphatic heterocycles. The van der Waals surface area contributed by atoms with E-state index in [1.807, 2.05) is 36.4 Å². The van der Waals surface area contributed by atoms with Crippen molar-refractivity contribution in [3.8, 4) is 29.1 Å². The van der Waals surface area contributed by atoms with Gasteiger partial charge in [-0.2, -0.15) is 5.26 Å². The normalized spacial score (nSPS) is 13.4. The summed E-state index contributed by atoms with van der Waals surface area (Å²) in [7, 11) is 8.58. The van der Waals surface area contributed by atoms with Gasteiger partial charge in [0.1, 0.15) is 0 Å². The zero-order valence-electron chi connectivity index (χ0n) is 22.5. The van der Waals surface area contributed by atoms with Gasteiger partial charge in [0.2, 0.25) is 0 Å². The molecule has 0 saturated heterocycles. The molecule has 0 aliphatic rings. The van der Waals surface area contributed by atoms with E-state index < -0.39 is 5.41 Å². The van der Waals surface area contributed by atoms with Crippen LogP contribution < -0.4 is 18.9 Å². The number of nitrogens with zero attached hydrogens (tertiary/aromatic N) is 2. The minimum atomic E-state index is -0.627. The van der Waals surface area contributed by atoms with Crippen LogP contribution in [0.25, 0.3) is 0 Å². The Hall–Kier alpha value is -2.33. The minimum Gasteiger partial charge on any atom is -0.493 e. The van der Waals surface area contributed by atoms with Crippen LogP contribution in [0.5, 0.6) is 23.0 Å². The first-order valence-corrected chi connectivity index (χ1v) is 12.4. The molecule has 2 atom stereocenters. The number of benzene rings is 2. The molecule has 8 heteroatoms. The van der Waals surface area contributed by atoms with Gasteiger partial charge in [-0.25, -0.2) is 0 Å². The largest absolute Gasteiger partial charge is 0.493 e. The summed E-state index contributed by atoms with van der Waals surface area (Å²) >= 11 is 6.39. The number of nitriles is 1. The van der Waals surface area contributed by atoms with Crippen LogP contribution >= 0.6 is 24.0 Å². The fourth-order valence-corrected chi connectivity index (χ4v) is 4.95. The summed E-state index contributed by atoms with van der Waals surface area (Å²) < 4.78 is 21.7. The molecule has 0 saturated carbocycles. The molecule has 0 spiro atoms. The van der Waals surface area contributed by atoms with Gasteiger partial charge in [0, 0.05) is 18.5 Å². The lowest BCUT2D eigenvalue weighted by atomic mass is 9.69. The number of rotatable bonds is 14. The van der Waals surface area contributed by atoms with E-state index in [4.69, 9.17) is 30.5 Å². The first kappa shape index (κ1) is 31.7. The van der Waals surface area contributed by atoms with Gasteiger partial charge in [-0.1, -0.05) is 26.0 Å². The van der Waals surface area contributed by atoms with Crippen molar-refractivity contribution in [2.75, 3.05) is 41.4 Å². The molecular formula is C28H40Cl2N2O4. The van der Waals surface area contributed by atoms with Crippen LogP contribution in [0.3, 0.4) is 0 Å². The molecular weight excluding hydrogens is 499 g/mol. The Bertz CT molecular complexity index is 996. The lowest BCUT2D eigenvalue weighted by Gasteiger charge is -2.33. The summed E-state index contributed by atoms with van der Waals surface area (Å²) in [5.41, 5.74) is 1.45. The van der Waals surface area contributed by atoms with E-state index in [0.717, 1.165) is 36.9 Å². The first-order chi connectivity index (χ1) is 16.8. The average Bonchev–Trinajstić information content (AvgIpc) is 2.88. The lowest BCUT2D eigenvalue weighted by Crippen LogP contribution is -2.34. The molecule has 0 N–H and O–H groups in total. The maximum Gasteiger partial charge on any atom is 0.161 e. The third kappa shape index (κ3) is 7.35. The van der Waals surface area contributed by atoms with Crippen LogP contribution in [0, 0.1) is 17.2 Å². The van der Waals surface area contributed by atoms with E-state index in [9.17, 15) is 5.26 Å². The molecule has 0 aromatic heterocycles. The van der Waals surface area contributed by atoms with Crippen LogP contribution in [0.15, 0.2) is 36.4 Å². The monoisotopic (exact) mass is 538 g/mol. The van der Waals surface area contributed by atoms with Gasteiger partial charge in [-0.15, -0.1) is 24.0 Å². The van der Waals surface area contributed by atoms with Crippen molar-refractivity contribution < 1.29 is 18.9 Å². The van der Waals surface area contributed by atoms with Crippen LogP contribution in [0.4, 0.5) is 0 Å². The second kappa shape index (κ2) is 15.0. The second-order valence-corrected chi connectivity index (χ2v) is 9.42. The standard InChI is InChI=1S/C28H39ClN2O4.ClH/c1-20(2)28(19-30,22-11-13-25(33-5)27(16-22)35-7)14-8-9-23(17-29)31(3)18-21-10-12-24(32-4)26(15-21)34-6;/h10-13,15-16,20,23H,8-9,14,17-18H2,1-7H3;1H. The molecule has 0 bridgehead atoms. The highest BCUT2D eigenvalue weighted by atomic mass is 35.5. The number of halogens is 2. The molecule has 0 aliphatic carbocycles. The Morgan fingerprint density at radius 3 is 1.97 bits per heavy atom. The highest BCUT2D eigenvalue weighted by Gasteiger charge is 2.36. The Morgan fingerprint density at radius 1 is 0.917 bits per heavy atom. The fourth-order valence-electron chi connectivity index (χ4n) is 4.56. The van der Waals surface area contributed by atoms with Crippen LogP contribution in [-0.2, 0) is 12.0 Å². The Balaban J connectivity index is 0.00000648. The Morgan fingerprint density at radius 2 is 1.47 bits per heavy atom. The van der Waals surface area contributed by atoms with Crippen molar-refractivity contribution in [2.45, 2.75) is 51.1 Å². The average molecular weight is 540 g/mol. The molecule has 2 aromatic carbocycles. The number of methoxy groups -OCH3 is 4. The molecule has 0 amide bonds. The van der Waals surface area contributed by atoms with E-state index in [0.29, 0.717) is 28.9 Å². The molecule has 6 nitrogen and oxygen atoms in total. The van der Waals surface area contributed by atoms with Gasteiger partial charge in [0.15, 0.2) is 23.0 Å². The summed E-state index contributed by atoms with van der Waals surface area (Å²) in [6.45, 7) is 4.94. The maximum absolute atomic E-state index is 10.3. The van der Waals surface area contributed by atoms with Crippen molar-refractivity contribution in [3.05, 3.63) is 47.5 Å². The van der Waals surface area contributed by atoms with E-state index in [-0.39, 0.29) is 24.4 Å². The zero-order chi connectivity index (χ0) is 26.0. The van der Waals surface area contributed by atoms with Crippen molar-refractivity contribution in [3.63, 3.8) is 0 Å². The van der Waals surface area contributed by atoms with E-state index >= 15 is 0 Å². The van der Waals surface area contributed by atoms with Crippen LogP contribution in [0.1, 0.15) is 44.2 Å². The van der Waals surface area contributed by atoms with Crippen molar-refractivity contribution in [2.24, 2.45) is 5.92 Å². The number of ether oxygens (including phenoxy) is 4. The summed E-state index contributed by atoms with van der Waals surface area (Å²) in [4.78, 5) is 2.26. The molecule has 0 radical (unpaired) electrons. The maximum atomic E-state index is 10.3. The van der Waals surface area contributed by atoms with Gasteiger partial charge < -0.3 is 18.9 Å². The highest BCUT2D eigenvalue weighted by molar-refractivity contribution is 6.18. The van der Waals surface area contributed by atoms with Crippen LogP contribution in [0.2, 0.25) is 0 Å². The SMILES string of the molecule is COc1ccc(CN(C)C(CCl)CCCC(C#N)(c2ccc(OC)c(OC)c2)C(C)C)cc1OC.Cl.